The van der Waals surface area contributed by atoms with Crippen LogP contribution in [0.3, 0.4) is 0 Å². The predicted octanol–water partition coefficient (Wildman–Crippen LogP) is 1.58. The highest BCUT2D eigenvalue weighted by Crippen LogP contribution is 2.56. The van der Waals surface area contributed by atoms with Crippen LogP contribution in [0.15, 0.2) is 0 Å². The second-order valence-electron chi connectivity index (χ2n) is 7.27. The van der Waals surface area contributed by atoms with Crippen molar-refractivity contribution in [1.82, 2.24) is 0 Å². The third-order valence-corrected chi connectivity index (χ3v) is 8.45. The van der Waals surface area contributed by atoms with Gasteiger partial charge in [-0.2, -0.15) is 0 Å². The first-order valence-electron chi connectivity index (χ1n) is 8.93. The van der Waals surface area contributed by atoms with Gasteiger partial charge in [0.1, 0.15) is 0 Å². The highest BCUT2D eigenvalue weighted by atomic mass is 32.2. The van der Waals surface area contributed by atoms with Gasteiger partial charge in [-0.25, -0.2) is 8.42 Å². The number of sulfone groups is 1. The van der Waals surface area contributed by atoms with Crippen molar-refractivity contribution in [2.75, 3.05) is 19.0 Å². The number of carbonyl (C=O) groups excluding carboxylic acids is 2. The number of hydrogen-bond acceptors (Lipinski definition) is 6. The molecule has 3 rings (SSSR count). The molecule has 136 valence electrons. The molecule has 2 saturated carbocycles. The van der Waals surface area contributed by atoms with Crippen molar-refractivity contribution >= 4 is 21.8 Å². The van der Waals surface area contributed by atoms with Crippen LogP contribution in [-0.2, 0) is 28.9 Å². The topological polar surface area (TPSA) is 86.7 Å². The van der Waals surface area contributed by atoms with E-state index in [-0.39, 0.29) is 36.1 Å². The molecule has 6 nitrogen and oxygen atoms in total. The average Bonchev–Trinajstić information content (AvgIpc) is 3.08. The van der Waals surface area contributed by atoms with Crippen LogP contribution >= 0.6 is 0 Å². The molecule has 2 aliphatic carbocycles. The van der Waals surface area contributed by atoms with Gasteiger partial charge in [0.25, 0.3) is 0 Å². The molecule has 5 atom stereocenters. The van der Waals surface area contributed by atoms with E-state index in [1.807, 2.05) is 0 Å². The minimum Gasteiger partial charge on any atom is -0.465 e. The minimum absolute atomic E-state index is 0.0823. The fourth-order valence-corrected chi connectivity index (χ4v) is 8.10. The molecule has 1 heterocycles. The van der Waals surface area contributed by atoms with Crippen LogP contribution in [0.1, 0.15) is 39.5 Å². The molecule has 1 saturated heterocycles. The molecule has 0 radical (unpaired) electrons. The Labute approximate surface area is 143 Å². The Bertz CT molecular complexity index is 595. The molecule has 0 aromatic carbocycles. The van der Waals surface area contributed by atoms with Crippen molar-refractivity contribution in [3.63, 3.8) is 0 Å². The summed E-state index contributed by atoms with van der Waals surface area (Å²) < 4.78 is 35.7. The van der Waals surface area contributed by atoms with Gasteiger partial charge in [0, 0.05) is 0 Å². The van der Waals surface area contributed by atoms with Gasteiger partial charge in [0.15, 0.2) is 15.8 Å². The number of fused-ring (bicyclic) bond motifs is 5. The van der Waals surface area contributed by atoms with Crippen LogP contribution in [0.5, 0.6) is 0 Å². The Balaban J connectivity index is 1.86. The second kappa shape index (κ2) is 6.65. The van der Waals surface area contributed by atoms with Crippen molar-refractivity contribution in [3.05, 3.63) is 0 Å². The van der Waals surface area contributed by atoms with E-state index >= 15 is 0 Å². The SMILES string of the molecule is CCOC(=O)C(C(=O)OCC)C1CC2C3CCC(C3)C2S(=O)(=O)C1. The van der Waals surface area contributed by atoms with E-state index in [9.17, 15) is 18.0 Å². The molecule has 1 aliphatic heterocycles. The fourth-order valence-electron chi connectivity index (χ4n) is 5.25. The summed E-state index contributed by atoms with van der Waals surface area (Å²) >= 11 is 0. The lowest BCUT2D eigenvalue weighted by Gasteiger charge is -2.39. The minimum atomic E-state index is -3.30. The lowest BCUT2D eigenvalue weighted by Crippen LogP contribution is -2.48. The third kappa shape index (κ3) is 2.95. The standard InChI is InChI=1S/C17H26O6S/c1-3-22-16(18)14(17(19)23-4-2)12-8-13-10-5-6-11(7-10)15(13)24(20,21)9-12/h10-15H,3-9H2,1-2H3. The summed E-state index contributed by atoms with van der Waals surface area (Å²) in [5.41, 5.74) is 0. The molecule has 24 heavy (non-hydrogen) atoms. The summed E-state index contributed by atoms with van der Waals surface area (Å²) in [6, 6.07) is 0. The molecule has 3 fully saturated rings. The van der Waals surface area contributed by atoms with Gasteiger partial charge in [-0.3, -0.25) is 9.59 Å². The molecule has 2 bridgehead atoms. The van der Waals surface area contributed by atoms with Crippen molar-refractivity contribution in [3.8, 4) is 0 Å². The molecule has 0 aromatic rings. The summed E-state index contributed by atoms with van der Waals surface area (Å²) in [5.74, 6) is -2.31. The zero-order valence-electron chi connectivity index (χ0n) is 14.3. The number of esters is 2. The molecule has 3 aliphatic rings. The third-order valence-electron chi connectivity index (χ3n) is 5.99. The van der Waals surface area contributed by atoms with Gasteiger partial charge in [0.05, 0.1) is 24.2 Å². The average molecular weight is 358 g/mol. The summed E-state index contributed by atoms with van der Waals surface area (Å²) in [6.07, 6.45) is 3.64. The van der Waals surface area contributed by atoms with E-state index in [1.165, 1.54) is 0 Å². The first-order valence-corrected chi connectivity index (χ1v) is 10.6. The zero-order valence-corrected chi connectivity index (χ0v) is 15.1. The summed E-state index contributed by atoms with van der Waals surface area (Å²) in [5, 5.41) is -0.266. The van der Waals surface area contributed by atoms with Crippen molar-refractivity contribution in [2.24, 2.45) is 29.6 Å². The summed E-state index contributed by atoms with van der Waals surface area (Å²) in [7, 11) is -3.30. The van der Waals surface area contributed by atoms with Crippen molar-refractivity contribution < 1.29 is 27.5 Å². The lowest BCUT2D eigenvalue weighted by atomic mass is 9.77. The van der Waals surface area contributed by atoms with E-state index in [2.05, 4.69) is 0 Å². The van der Waals surface area contributed by atoms with Gasteiger partial charge in [-0.15, -0.1) is 0 Å². The van der Waals surface area contributed by atoms with Gasteiger partial charge in [0.2, 0.25) is 0 Å². The molecule has 0 N–H and O–H groups in total. The van der Waals surface area contributed by atoms with Crippen LogP contribution in [0.4, 0.5) is 0 Å². The van der Waals surface area contributed by atoms with E-state index in [1.54, 1.807) is 13.8 Å². The maximum absolute atomic E-state index is 12.8. The molecular formula is C17H26O6S. The monoisotopic (exact) mass is 358 g/mol. The molecule has 0 amide bonds. The van der Waals surface area contributed by atoms with Crippen LogP contribution in [0, 0.1) is 29.6 Å². The Kier molecular flexibility index (Phi) is 4.91. The normalized spacial score (nSPS) is 36.4. The predicted molar refractivity (Wildman–Crippen MR) is 86.8 cm³/mol. The fraction of sp³-hybridized carbons (Fsp3) is 0.882. The first-order chi connectivity index (χ1) is 11.4. The van der Waals surface area contributed by atoms with Crippen LogP contribution in [-0.4, -0.2) is 44.6 Å². The molecule has 5 unspecified atom stereocenters. The summed E-state index contributed by atoms with van der Waals surface area (Å²) in [4.78, 5) is 24.6. The zero-order chi connectivity index (χ0) is 17.5. The lowest BCUT2D eigenvalue weighted by molar-refractivity contribution is -0.164. The Morgan fingerprint density at radius 1 is 1.00 bits per heavy atom. The largest absolute Gasteiger partial charge is 0.465 e. The number of carbonyl (C=O) groups is 2. The maximum Gasteiger partial charge on any atom is 0.320 e. The van der Waals surface area contributed by atoms with Gasteiger partial charge >= 0.3 is 11.9 Å². The van der Waals surface area contributed by atoms with Gasteiger partial charge in [-0.1, -0.05) is 0 Å². The smallest absolute Gasteiger partial charge is 0.320 e. The number of hydrogen-bond donors (Lipinski definition) is 0. The molecular weight excluding hydrogens is 332 g/mol. The van der Waals surface area contributed by atoms with E-state index < -0.39 is 33.6 Å². The van der Waals surface area contributed by atoms with Crippen LogP contribution < -0.4 is 0 Å². The maximum atomic E-state index is 12.8. The number of rotatable bonds is 5. The first kappa shape index (κ1) is 17.7. The molecule has 0 aromatic heterocycles. The quantitative estimate of drug-likeness (QED) is 0.548. The van der Waals surface area contributed by atoms with Crippen LogP contribution in [0.2, 0.25) is 0 Å². The van der Waals surface area contributed by atoms with Crippen molar-refractivity contribution in [1.29, 1.82) is 0 Å². The number of ether oxygens (including phenoxy) is 2. The van der Waals surface area contributed by atoms with Crippen LogP contribution in [0.25, 0.3) is 0 Å². The van der Waals surface area contributed by atoms with E-state index in [4.69, 9.17) is 9.47 Å². The van der Waals surface area contributed by atoms with Gasteiger partial charge in [-0.05, 0) is 63.2 Å². The Hall–Kier alpha value is -1.11. The second-order valence-corrected chi connectivity index (χ2v) is 9.47. The highest BCUT2D eigenvalue weighted by Gasteiger charge is 2.58. The van der Waals surface area contributed by atoms with E-state index in [0.717, 1.165) is 19.3 Å². The van der Waals surface area contributed by atoms with E-state index in [0.29, 0.717) is 12.3 Å². The molecule has 0 spiro atoms. The Morgan fingerprint density at radius 2 is 1.58 bits per heavy atom. The Morgan fingerprint density at radius 3 is 2.17 bits per heavy atom. The summed E-state index contributed by atoms with van der Waals surface area (Å²) in [6.45, 7) is 3.66. The van der Waals surface area contributed by atoms with Crippen molar-refractivity contribution in [2.45, 2.75) is 44.8 Å². The highest BCUT2D eigenvalue weighted by molar-refractivity contribution is 7.92. The molecule has 7 heteroatoms. The van der Waals surface area contributed by atoms with Gasteiger partial charge < -0.3 is 9.47 Å².